The molecule has 1 N–H and O–H groups in total. The number of nitrogens with one attached hydrogen (secondary N) is 1. The Morgan fingerprint density at radius 3 is 2.52 bits per heavy atom. The number of fused-ring (bicyclic) bond motifs is 1. The summed E-state index contributed by atoms with van der Waals surface area (Å²) in [4.78, 5) is 16.8. The molecule has 3 aromatic rings. The summed E-state index contributed by atoms with van der Waals surface area (Å²) in [5, 5.41) is 14.7. The highest BCUT2D eigenvalue weighted by molar-refractivity contribution is 8.27. The molecule has 1 amide bonds. The number of nitrogens with zero attached hydrogens (tertiary/aromatic N) is 4. The Morgan fingerprint density at radius 2 is 1.79 bits per heavy atom. The molecule has 6 nitrogen and oxygen atoms in total. The third kappa shape index (κ3) is 3.60. The Kier molecular flexibility index (Phi) is 5.05. The first-order valence-electron chi connectivity index (χ1n) is 10.0. The first-order valence-corrected chi connectivity index (χ1v) is 10.8. The Bertz CT molecular complexity index is 1420. The average molecular weight is 461 g/mol. The fourth-order valence-corrected chi connectivity index (χ4v) is 4.73. The summed E-state index contributed by atoms with van der Waals surface area (Å²) in [5.41, 5.74) is 3.60. The lowest BCUT2D eigenvalue weighted by Crippen LogP contribution is -2.35. The molecule has 0 spiro atoms. The minimum absolute atomic E-state index is 0.0808. The maximum atomic E-state index is 14.2. The highest BCUT2D eigenvalue weighted by atomic mass is 32.2. The van der Waals surface area contributed by atoms with Gasteiger partial charge >= 0.3 is 0 Å². The molecule has 2 aromatic carbocycles. The maximum absolute atomic E-state index is 14.2. The topological polar surface area (TPSA) is 73.8 Å². The monoisotopic (exact) mass is 461 g/mol. The number of carbonyl (C=O) groups is 1. The molecule has 0 saturated heterocycles. The van der Waals surface area contributed by atoms with Gasteiger partial charge in [0.05, 0.1) is 5.57 Å². The summed E-state index contributed by atoms with van der Waals surface area (Å²) in [7, 11) is 0. The van der Waals surface area contributed by atoms with Gasteiger partial charge < -0.3 is 4.57 Å². The molecule has 0 radical (unpaired) electrons. The molecule has 2 aliphatic rings. The SMILES string of the molecule is Cc1cc(C=C2C(=N)N3N=C(c4ccccc4F)SC3=NC2=O)c(C)n1-c1ccc(F)cc1. The number of hydrazone groups is 1. The van der Waals surface area contributed by atoms with Gasteiger partial charge in [-0.15, -0.1) is 0 Å². The van der Waals surface area contributed by atoms with E-state index in [0.717, 1.165) is 34.4 Å². The van der Waals surface area contributed by atoms with Gasteiger partial charge in [-0.1, -0.05) is 12.1 Å². The first kappa shape index (κ1) is 21.0. The molecule has 0 aliphatic carbocycles. The Balaban J connectivity index is 1.52. The molecule has 0 atom stereocenters. The number of aromatic nitrogens is 1. The molecule has 164 valence electrons. The highest BCUT2D eigenvalue weighted by Crippen LogP contribution is 2.32. The van der Waals surface area contributed by atoms with Gasteiger partial charge in [-0.25, -0.2) is 8.78 Å². The number of benzene rings is 2. The van der Waals surface area contributed by atoms with Gasteiger partial charge in [-0.3, -0.25) is 10.2 Å². The number of amidine groups is 2. The Labute approximate surface area is 192 Å². The molecule has 0 bridgehead atoms. The fourth-order valence-electron chi connectivity index (χ4n) is 3.81. The second-order valence-corrected chi connectivity index (χ2v) is 8.50. The summed E-state index contributed by atoms with van der Waals surface area (Å²) in [6, 6.07) is 14.2. The number of amides is 1. The Morgan fingerprint density at radius 1 is 1.06 bits per heavy atom. The van der Waals surface area contributed by atoms with E-state index in [4.69, 9.17) is 5.41 Å². The van der Waals surface area contributed by atoms with E-state index in [0.29, 0.717) is 5.04 Å². The van der Waals surface area contributed by atoms with Crippen molar-refractivity contribution in [3.8, 4) is 5.69 Å². The number of hydrogen-bond acceptors (Lipinski definition) is 4. The number of aryl methyl sites for hydroxylation is 1. The van der Waals surface area contributed by atoms with Gasteiger partial charge in [0, 0.05) is 22.6 Å². The summed E-state index contributed by atoms with van der Waals surface area (Å²) in [6.07, 6.45) is 1.61. The molecular weight excluding hydrogens is 444 g/mol. The van der Waals surface area contributed by atoms with Crippen molar-refractivity contribution in [2.75, 3.05) is 0 Å². The third-order valence-electron chi connectivity index (χ3n) is 5.41. The van der Waals surface area contributed by atoms with Crippen molar-refractivity contribution in [3.05, 3.63) is 94.3 Å². The zero-order valence-electron chi connectivity index (χ0n) is 17.6. The third-order valence-corrected chi connectivity index (χ3v) is 6.36. The average Bonchev–Trinajstić information content (AvgIpc) is 3.33. The zero-order valence-corrected chi connectivity index (χ0v) is 18.5. The molecule has 3 heterocycles. The van der Waals surface area contributed by atoms with Gasteiger partial charge in [0.25, 0.3) is 5.91 Å². The van der Waals surface area contributed by atoms with Crippen LogP contribution < -0.4 is 0 Å². The maximum Gasteiger partial charge on any atom is 0.283 e. The van der Waals surface area contributed by atoms with Crippen LogP contribution in [0.5, 0.6) is 0 Å². The fraction of sp³-hybridized carbons (Fsp3) is 0.0833. The molecule has 0 unspecified atom stereocenters. The Hall–Kier alpha value is -3.85. The lowest BCUT2D eigenvalue weighted by Gasteiger charge is -2.20. The van der Waals surface area contributed by atoms with Crippen molar-refractivity contribution in [1.82, 2.24) is 9.58 Å². The molecule has 2 aliphatic heterocycles. The van der Waals surface area contributed by atoms with Crippen LogP contribution in [0.3, 0.4) is 0 Å². The number of rotatable bonds is 3. The molecule has 5 rings (SSSR count). The standard InChI is InChI=1S/C24H17F2N5OS/c1-13-11-15(14(2)30(13)17-9-7-16(25)8-10-17)12-19-21(27)31-24(28-22(19)32)33-23(29-31)18-5-3-4-6-20(18)26/h3-12,27H,1-2H3. The summed E-state index contributed by atoms with van der Waals surface area (Å²) in [6.45, 7) is 3.79. The van der Waals surface area contributed by atoms with Crippen molar-refractivity contribution in [2.45, 2.75) is 13.8 Å². The normalized spacial score (nSPS) is 16.8. The van der Waals surface area contributed by atoms with Crippen LogP contribution in [-0.4, -0.2) is 31.5 Å². The minimum atomic E-state index is -0.560. The molecule has 0 saturated carbocycles. The van der Waals surface area contributed by atoms with Gasteiger partial charge in [0.2, 0.25) is 5.17 Å². The molecular formula is C24H17F2N5OS. The second-order valence-electron chi connectivity index (χ2n) is 7.54. The summed E-state index contributed by atoms with van der Waals surface area (Å²) < 4.78 is 29.5. The highest BCUT2D eigenvalue weighted by Gasteiger charge is 2.36. The van der Waals surface area contributed by atoms with Crippen LogP contribution in [0.4, 0.5) is 8.78 Å². The smallest absolute Gasteiger partial charge is 0.283 e. The van der Waals surface area contributed by atoms with Crippen LogP contribution in [0, 0.1) is 30.9 Å². The predicted molar refractivity (Wildman–Crippen MR) is 126 cm³/mol. The quantitative estimate of drug-likeness (QED) is 0.556. The second kappa shape index (κ2) is 7.93. The van der Waals surface area contributed by atoms with Crippen LogP contribution in [0.2, 0.25) is 0 Å². The van der Waals surface area contributed by atoms with Crippen LogP contribution in [0.15, 0.2) is 70.3 Å². The van der Waals surface area contributed by atoms with E-state index in [1.807, 2.05) is 24.5 Å². The number of thioether (sulfide) groups is 1. The summed E-state index contributed by atoms with van der Waals surface area (Å²) >= 11 is 1.05. The van der Waals surface area contributed by atoms with Crippen LogP contribution in [0.1, 0.15) is 22.5 Å². The van der Waals surface area contributed by atoms with E-state index in [2.05, 4.69) is 10.1 Å². The van der Waals surface area contributed by atoms with Gasteiger partial charge in [0.15, 0.2) is 5.84 Å². The number of hydrogen-bond donors (Lipinski definition) is 1. The van der Waals surface area contributed by atoms with Gasteiger partial charge in [0.1, 0.15) is 16.7 Å². The molecule has 1 aromatic heterocycles. The van der Waals surface area contributed by atoms with Crippen LogP contribution >= 0.6 is 11.8 Å². The van der Waals surface area contributed by atoms with E-state index in [1.54, 1.807) is 36.4 Å². The van der Waals surface area contributed by atoms with Crippen molar-refractivity contribution >= 4 is 39.8 Å². The first-order chi connectivity index (χ1) is 15.8. The minimum Gasteiger partial charge on any atom is -0.318 e. The number of aliphatic imine (C=N–C) groups is 1. The van der Waals surface area contributed by atoms with E-state index >= 15 is 0 Å². The van der Waals surface area contributed by atoms with E-state index in [-0.39, 0.29) is 28.0 Å². The number of halogens is 2. The lowest BCUT2D eigenvalue weighted by atomic mass is 10.1. The van der Waals surface area contributed by atoms with E-state index in [9.17, 15) is 13.6 Å². The molecule has 0 fully saturated rings. The zero-order chi connectivity index (χ0) is 23.3. The predicted octanol–water partition coefficient (Wildman–Crippen LogP) is 5.04. The van der Waals surface area contributed by atoms with Gasteiger partial charge in [-0.2, -0.15) is 15.1 Å². The van der Waals surface area contributed by atoms with Crippen molar-refractivity contribution in [2.24, 2.45) is 10.1 Å². The lowest BCUT2D eigenvalue weighted by molar-refractivity contribution is -0.114. The van der Waals surface area contributed by atoms with Crippen LogP contribution in [-0.2, 0) is 4.79 Å². The summed E-state index contributed by atoms with van der Waals surface area (Å²) in [5.74, 6) is -1.45. The molecule has 9 heteroatoms. The van der Waals surface area contributed by atoms with Crippen LogP contribution in [0.25, 0.3) is 11.8 Å². The van der Waals surface area contributed by atoms with Crippen molar-refractivity contribution in [1.29, 1.82) is 5.41 Å². The number of carbonyl (C=O) groups excluding carboxylic acids is 1. The van der Waals surface area contributed by atoms with E-state index < -0.39 is 11.7 Å². The van der Waals surface area contributed by atoms with Crippen molar-refractivity contribution in [3.63, 3.8) is 0 Å². The van der Waals surface area contributed by atoms with Gasteiger partial charge in [-0.05, 0) is 79.7 Å². The largest absolute Gasteiger partial charge is 0.318 e. The van der Waals surface area contributed by atoms with Crippen molar-refractivity contribution < 1.29 is 13.6 Å². The molecule has 33 heavy (non-hydrogen) atoms. The van der Waals surface area contributed by atoms with E-state index in [1.165, 1.54) is 23.2 Å².